The van der Waals surface area contributed by atoms with Crippen LogP contribution in [0.1, 0.15) is 64.7 Å². The lowest BCUT2D eigenvalue weighted by Gasteiger charge is -2.56. The predicted octanol–water partition coefficient (Wildman–Crippen LogP) is 5.71. The smallest absolute Gasteiger partial charge is 0.157 e. The van der Waals surface area contributed by atoms with Gasteiger partial charge in [0, 0.05) is 23.6 Å². The molecule has 8 atom stereocenters. The van der Waals surface area contributed by atoms with Crippen LogP contribution in [-0.2, 0) is 11.3 Å². The minimum Gasteiger partial charge on any atom is -0.387 e. The maximum atomic E-state index is 13.5. The van der Waals surface area contributed by atoms with Gasteiger partial charge in [-0.05, 0) is 105 Å². The zero-order valence-electron chi connectivity index (χ0n) is 20.1. The summed E-state index contributed by atoms with van der Waals surface area (Å²) in [6.07, 6.45) is 10.6. The molecule has 2 aromatic rings. The van der Waals surface area contributed by atoms with Crippen molar-refractivity contribution < 1.29 is 18.7 Å². The first kappa shape index (κ1) is 22.6. The van der Waals surface area contributed by atoms with E-state index in [0.29, 0.717) is 47.9 Å². The summed E-state index contributed by atoms with van der Waals surface area (Å²) < 4.78 is 28.7. The lowest BCUT2D eigenvalue weighted by Crippen LogP contribution is -2.52. The number of fused-ring (bicyclic) bond motifs is 6. The molecule has 0 unspecified atom stereocenters. The number of hydrogen-bond donors (Lipinski definition) is 1. The van der Waals surface area contributed by atoms with Gasteiger partial charge in [-0.25, -0.2) is 8.78 Å². The average molecular weight is 471 g/mol. The van der Waals surface area contributed by atoms with Gasteiger partial charge >= 0.3 is 0 Å². The van der Waals surface area contributed by atoms with Gasteiger partial charge < -0.3 is 5.11 Å². The molecule has 1 aromatic carbocycles. The van der Waals surface area contributed by atoms with E-state index < -0.39 is 12.3 Å². The molecular weight excluding hydrogens is 434 g/mol. The Kier molecular flexibility index (Phi) is 5.40. The lowest BCUT2D eigenvalue weighted by molar-refractivity contribution is -0.134. The van der Waals surface area contributed by atoms with Crippen LogP contribution < -0.4 is 0 Å². The predicted molar refractivity (Wildman–Crippen MR) is 126 cm³/mol. The molecule has 6 rings (SSSR count). The van der Waals surface area contributed by atoms with E-state index in [-0.39, 0.29) is 29.5 Å². The van der Waals surface area contributed by atoms with E-state index >= 15 is 0 Å². The average Bonchev–Trinajstić information content (AvgIpc) is 3.38. The van der Waals surface area contributed by atoms with Crippen molar-refractivity contribution in [1.82, 2.24) is 9.78 Å². The summed E-state index contributed by atoms with van der Waals surface area (Å²) in [5, 5.41) is 15.9. The monoisotopic (exact) mass is 470 g/mol. The van der Waals surface area contributed by atoms with E-state index in [2.05, 4.69) is 12.0 Å². The van der Waals surface area contributed by atoms with Gasteiger partial charge in [0.1, 0.15) is 12.5 Å². The van der Waals surface area contributed by atoms with Crippen LogP contribution >= 0.6 is 0 Å². The number of benzene rings is 1. The molecule has 0 bridgehead atoms. The Morgan fingerprint density at radius 3 is 2.76 bits per heavy atom. The fourth-order valence-electron chi connectivity index (χ4n) is 9.00. The molecule has 0 spiro atoms. The third-order valence-corrected chi connectivity index (χ3v) is 10.6. The molecule has 4 aliphatic carbocycles. The molecule has 184 valence electrons. The zero-order chi connectivity index (χ0) is 23.7. The molecule has 4 aliphatic rings. The molecule has 4 saturated carbocycles. The van der Waals surface area contributed by atoms with Crippen LogP contribution in [0.4, 0.5) is 8.78 Å². The summed E-state index contributed by atoms with van der Waals surface area (Å²) in [4.78, 5) is 13.5. The van der Waals surface area contributed by atoms with E-state index in [1.54, 1.807) is 10.7 Å². The summed E-state index contributed by atoms with van der Waals surface area (Å²) >= 11 is 0. The minimum atomic E-state index is -1.09. The molecule has 0 saturated heterocycles. The van der Waals surface area contributed by atoms with Crippen molar-refractivity contribution in [2.45, 2.75) is 76.9 Å². The second-order valence-corrected chi connectivity index (χ2v) is 12.2. The SMILES string of the molecule is C[C@]12CC[C@H]3[C@@H](CC[C@H]4C[C@@](O)(CF)CC[C@@H]43)[C@@H]1CC[C@@H]2C(=O)Cn1cc2ccc(F)cc2n1. The van der Waals surface area contributed by atoms with Crippen LogP contribution in [0, 0.1) is 46.7 Å². The largest absolute Gasteiger partial charge is 0.387 e. The highest BCUT2D eigenvalue weighted by Crippen LogP contribution is 2.64. The molecule has 4 nitrogen and oxygen atoms in total. The van der Waals surface area contributed by atoms with E-state index in [4.69, 9.17) is 0 Å². The van der Waals surface area contributed by atoms with Crippen LogP contribution in [0.3, 0.4) is 0 Å². The molecule has 4 fully saturated rings. The van der Waals surface area contributed by atoms with Gasteiger partial charge in [-0.15, -0.1) is 0 Å². The first-order chi connectivity index (χ1) is 16.3. The van der Waals surface area contributed by atoms with Crippen molar-refractivity contribution in [3.05, 3.63) is 30.2 Å². The summed E-state index contributed by atoms with van der Waals surface area (Å²) in [5.74, 6) is 2.98. The Bertz CT molecular complexity index is 1100. The number of alkyl halides is 1. The Morgan fingerprint density at radius 2 is 1.94 bits per heavy atom. The molecular formula is C28H36F2N2O2. The Labute approximate surface area is 200 Å². The van der Waals surface area contributed by atoms with E-state index in [0.717, 1.165) is 50.3 Å². The van der Waals surface area contributed by atoms with Gasteiger partial charge in [0.2, 0.25) is 0 Å². The Balaban J connectivity index is 1.17. The van der Waals surface area contributed by atoms with Crippen molar-refractivity contribution in [1.29, 1.82) is 0 Å². The highest BCUT2D eigenvalue weighted by molar-refractivity contribution is 5.83. The van der Waals surface area contributed by atoms with Crippen LogP contribution in [0.15, 0.2) is 24.4 Å². The standard InChI is InChI=1S/C28H36F2N2O2/c1-27-10-8-21-20-9-11-28(34,16-29)13-17(20)3-5-22(21)23(27)6-7-24(27)26(33)15-32-14-18-2-4-19(30)12-25(18)31-32/h2,4,12,14,17,20-24,34H,3,5-11,13,15-16H2,1H3/t17-,20-,21+,22+,23-,24+,27-,28+/m0/s1. The van der Waals surface area contributed by atoms with Crippen LogP contribution in [0.5, 0.6) is 0 Å². The number of ketones is 1. The molecule has 1 N–H and O–H groups in total. The number of nitrogens with zero attached hydrogens (tertiary/aromatic N) is 2. The maximum Gasteiger partial charge on any atom is 0.157 e. The molecule has 1 aromatic heterocycles. The van der Waals surface area contributed by atoms with E-state index in [9.17, 15) is 18.7 Å². The number of aromatic nitrogens is 2. The third kappa shape index (κ3) is 3.54. The number of rotatable bonds is 4. The van der Waals surface area contributed by atoms with Gasteiger partial charge in [-0.1, -0.05) is 6.92 Å². The Hall–Kier alpha value is -1.82. The molecule has 1 heterocycles. The van der Waals surface area contributed by atoms with Crippen molar-refractivity contribution in [2.24, 2.45) is 40.9 Å². The second-order valence-electron chi connectivity index (χ2n) is 12.2. The molecule has 0 aliphatic heterocycles. The molecule has 0 amide bonds. The minimum absolute atomic E-state index is 0.0398. The third-order valence-electron chi connectivity index (χ3n) is 10.6. The number of carbonyl (C=O) groups is 1. The number of carbonyl (C=O) groups excluding carboxylic acids is 1. The van der Waals surface area contributed by atoms with Crippen LogP contribution in [0.2, 0.25) is 0 Å². The van der Waals surface area contributed by atoms with Crippen LogP contribution in [-0.4, -0.2) is 32.9 Å². The highest BCUT2D eigenvalue weighted by atomic mass is 19.1. The van der Waals surface area contributed by atoms with Crippen molar-refractivity contribution in [3.8, 4) is 0 Å². The number of halogens is 2. The lowest BCUT2D eigenvalue weighted by atomic mass is 9.49. The number of hydrogen-bond acceptors (Lipinski definition) is 3. The molecule has 6 heteroatoms. The molecule has 0 radical (unpaired) electrons. The second kappa shape index (κ2) is 8.11. The quantitative estimate of drug-likeness (QED) is 0.622. The highest BCUT2D eigenvalue weighted by Gasteiger charge is 2.59. The number of Topliss-reactive ketones (excluding diaryl/α,β-unsaturated/α-hetero) is 1. The van der Waals surface area contributed by atoms with Gasteiger partial charge in [0.25, 0.3) is 0 Å². The van der Waals surface area contributed by atoms with Gasteiger partial charge in [0.05, 0.1) is 17.7 Å². The van der Waals surface area contributed by atoms with E-state index in [1.165, 1.54) is 12.1 Å². The van der Waals surface area contributed by atoms with Crippen molar-refractivity contribution in [2.75, 3.05) is 6.67 Å². The zero-order valence-corrected chi connectivity index (χ0v) is 20.1. The topological polar surface area (TPSA) is 55.1 Å². The van der Waals surface area contributed by atoms with Gasteiger partial charge in [-0.3, -0.25) is 9.48 Å². The van der Waals surface area contributed by atoms with Crippen molar-refractivity contribution >= 4 is 16.7 Å². The van der Waals surface area contributed by atoms with E-state index in [1.807, 2.05) is 6.20 Å². The maximum absolute atomic E-state index is 13.5. The normalized spacial score (nSPS) is 41.6. The Morgan fingerprint density at radius 1 is 1.12 bits per heavy atom. The van der Waals surface area contributed by atoms with Crippen molar-refractivity contribution in [3.63, 3.8) is 0 Å². The number of aliphatic hydroxyl groups is 1. The first-order valence-corrected chi connectivity index (χ1v) is 13.2. The summed E-state index contributed by atoms with van der Waals surface area (Å²) in [5.41, 5.74) is -0.462. The van der Waals surface area contributed by atoms with Crippen LogP contribution in [0.25, 0.3) is 10.9 Å². The van der Waals surface area contributed by atoms with Gasteiger partial charge in [0.15, 0.2) is 5.78 Å². The first-order valence-electron chi connectivity index (χ1n) is 13.2. The summed E-state index contributed by atoms with van der Waals surface area (Å²) in [7, 11) is 0. The summed E-state index contributed by atoms with van der Waals surface area (Å²) in [6.45, 7) is 1.99. The fourth-order valence-corrected chi connectivity index (χ4v) is 9.00. The summed E-state index contributed by atoms with van der Waals surface area (Å²) in [6, 6.07) is 4.56. The van der Waals surface area contributed by atoms with Gasteiger partial charge in [-0.2, -0.15) is 5.10 Å². The fraction of sp³-hybridized carbons (Fsp3) is 0.714. The molecule has 34 heavy (non-hydrogen) atoms.